The molecule has 0 aliphatic rings. The molecule has 0 fully saturated rings. The predicted octanol–water partition coefficient (Wildman–Crippen LogP) is 4.18. The van der Waals surface area contributed by atoms with Crippen LogP contribution >= 0.6 is 0 Å². The predicted molar refractivity (Wildman–Crippen MR) is 70.2 cm³/mol. The summed E-state index contributed by atoms with van der Waals surface area (Å²) in [5, 5.41) is 0. The second kappa shape index (κ2) is 5.89. The van der Waals surface area contributed by atoms with Gasteiger partial charge in [-0.05, 0) is 45.4 Å². The molecule has 92 valence electrons. The van der Waals surface area contributed by atoms with Crippen LogP contribution in [0.15, 0.2) is 0 Å². The molecule has 0 aromatic rings. The zero-order chi connectivity index (χ0) is 12.2. The standard InChI is InChI=1S/C14H31N/c1-11(2)9-14(7,8)10-15(12(3)4)13(5)6/h11-13H,9-10H2,1-8H3. The molecule has 0 amide bonds. The van der Waals surface area contributed by atoms with Crippen molar-refractivity contribution in [1.82, 2.24) is 4.90 Å². The summed E-state index contributed by atoms with van der Waals surface area (Å²) >= 11 is 0. The van der Waals surface area contributed by atoms with E-state index in [9.17, 15) is 0 Å². The van der Waals surface area contributed by atoms with E-state index in [1.807, 2.05) is 0 Å². The topological polar surface area (TPSA) is 3.24 Å². The van der Waals surface area contributed by atoms with Crippen LogP contribution in [0.4, 0.5) is 0 Å². The van der Waals surface area contributed by atoms with Gasteiger partial charge in [-0.2, -0.15) is 0 Å². The van der Waals surface area contributed by atoms with E-state index < -0.39 is 0 Å². The quantitative estimate of drug-likeness (QED) is 0.640. The molecule has 0 aliphatic heterocycles. The van der Waals surface area contributed by atoms with Crippen molar-refractivity contribution in [3.63, 3.8) is 0 Å². The maximum atomic E-state index is 2.60. The number of nitrogens with zero attached hydrogens (tertiary/aromatic N) is 1. The third-order valence-electron chi connectivity index (χ3n) is 2.90. The summed E-state index contributed by atoms with van der Waals surface area (Å²) in [4.78, 5) is 2.60. The molecular formula is C14H31N. The first-order valence-corrected chi connectivity index (χ1v) is 6.41. The van der Waals surface area contributed by atoms with Crippen LogP contribution in [0.25, 0.3) is 0 Å². The smallest absolute Gasteiger partial charge is 0.00415 e. The lowest BCUT2D eigenvalue weighted by Crippen LogP contribution is -2.43. The van der Waals surface area contributed by atoms with Crippen molar-refractivity contribution >= 4 is 0 Å². The second-order valence-electron chi connectivity index (χ2n) is 6.62. The lowest BCUT2D eigenvalue weighted by Gasteiger charge is -2.38. The van der Waals surface area contributed by atoms with Crippen molar-refractivity contribution in [1.29, 1.82) is 0 Å². The Balaban J connectivity index is 4.38. The fraction of sp³-hybridized carbons (Fsp3) is 1.00. The third-order valence-corrected chi connectivity index (χ3v) is 2.90. The minimum absolute atomic E-state index is 0.433. The maximum Gasteiger partial charge on any atom is 0.00415 e. The monoisotopic (exact) mass is 213 g/mol. The normalized spacial score (nSPS) is 13.6. The molecule has 0 radical (unpaired) electrons. The van der Waals surface area contributed by atoms with Gasteiger partial charge in [0.2, 0.25) is 0 Å². The number of hydrogen-bond donors (Lipinski definition) is 0. The van der Waals surface area contributed by atoms with Gasteiger partial charge in [0.1, 0.15) is 0 Å². The van der Waals surface area contributed by atoms with E-state index in [0.29, 0.717) is 17.5 Å². The largest absolute Gasteiger partial charge is 0.298 e. The molecule has 0 saturated heterocycles. The first kappa shape index (κ1) is 15.0. The molecule has 1 heteroatoms. The van der Waals surface area contributed by atoms with E-state index in [0.717, 1.165) is 5.92 Å². The van der Waals surface area contributed by atoms with Crippen molar-refractivity contribution in [3.05, 3.63) is 0 Å². The van der Waals surface area contributed by atoms with E-state index in [1.165, 1.54) is 13.0 Å². The van der Waals surface area contributed by atoms with Crippen molar-refractivity contribution in [2.75, 3.05) is 6.54 Å². The summed E-state index contributed by atoms with van der Waals surface area (Å²) in [5.41, 5.74) is 0.433. The van der Waals surface area contributed by atoms with Gasteiger partial charge >= 0.3 is 0 Å². The van der Waals surface area contributed by atoms with Crippen molar-refractivity contribution in [3.8, 4) is 0 Å². The van der Waals surface area contributed by atoms with Gasteiger partial charge in [0.05, 0.1) is 0 Å². The van der Waals surface area contributed by atoms with Crippen LogP contribution in [0.3, 0.4) is 0 Å². The van der Waals surface area contributed by atoms with Crippen LogP contribution in [-0.4, -0.2) is 23.5 Å². The van der Waals surface area contributed by atoms with Gasteiger partial charge in [0.25, 0.3) is 0 Å². The molecule has 0 aromatic carbocycles. The Morgan fingerprint density at radius 3 is 1.53 bits per heavy atom. The van der Waals surface area contributed by atoms with Crippen molar-refractivity contribution in [2.24, 2.45) is 11.3 Å². The lowest BCUT2D eigenvalue weighted by molar-refractivity contribution is 0.0983. The zero-order valence-corrected chi connectivity index (χ0v) is 12.1. The zero-order valence-electron chi connectivity index (χ0n) is 12.1. The van der Waals surface area contributed by atoms with Crippen molar-refractivity contribution < 1.29 is 0 Å². The highest BCUT2D eigenvalue weighted by molar-refractivity contribution is 4.78. The minimum Gasteiger partial charge on any atom is -0.298 e. The Morgan fingerprint density at radius 2 is 1.27 bits per heavy atom. The minimum atomic E-state index is 0.433. The summed E-state index contributed by atoms with van der Waals surface area (Å²) in [6.07, 6.45) is 1.31. The van der Waals surface area contributed by atoms with Gasteiger partial charge in [0, 0.05) is 18.6 Å². The molecule has 1 nitrogen and oxygen atoms in total. The van der Waals surface area contributed by atoms with Gasteiger partial charge in [0.15, 0.2) is 0 Å². The molecular weight excluding hydrogens is 182 g/mol. The Labute approximate surface area is 97.2 Å². The van der Waals surface area contributed by atoms with Gasteiger partial charge in [-0.15, -0.1) is 0 Å². The van der Waals surface area contributed by atoms with E-state index in [2.05, 4.69) is 60.3 Å². The van der Waals surface area contributed by atoms with Crippen LogP contribution in [-0.2, 0) is 0 Å². The third kappa shape index (κ3) is 6.19. The molecule has 0 unspecified atom stereocenters. The first-order chi connectivity index (χ1) is 6.65. The molecule has 0 rings (SSSR count). The maximum absolute atomic E-state index is 2.60. The molecule has 0 atom stereocenters. The van der Waals surface area contributed by atoms with Gasteiger partial charge in [-0.25, -0.2) is 0 Å². The van der Waals surface area contributed by atoms with Gasteiger partial charge in [-0.3, -0.25) is 4.90 Å². The molecule has 0 saturated carbocycles. The average Bonchev–Trinajstić information content (AvgIpc) is 1.96. The lowest BCUT2D eigenvalue weighted by atomic mass is 9.83. The Bertz CT molecular complexity index is 160. The number of hydrogen-bond acceptors (Lipinski definition) is 1. The molecule has 15 heavy (non-hydrogen) atoms. The van der Waals surface area contributed by atoms with E-state index in [1.54, 1.807) is 0 Å². The van der Waals surface area contributed by atoms with E-state index in [4.69, 9.17) is 0 Å². The van der Waals surface area contributed by atoms with Crippen LogP contribution < -0.4 is 0 Å². The highest BCUT2D eigenvalue weighted by atomic mass is 15.2. The fourth-order valence-corrected chi connectivity index (χ4v) is 2.63. The van der Waals surface area contributed by atoms with Crippen LogP contribution in [0.1, 0.15) is 61.8 Å². The summed E-state index contributed by atoms with van der Waals surface area (Å²) in [7, 11) is 0. The van der Waals surface area contributed by atoms with Crippen LogP contribution in [0, 0.1) is 11.3 Å². The highest BCUT2D eigenvalue weighted by Gasteiger charge is 2.25. The Hall–Kier alpha value is -0.0400. The second-order valence-corrected chi connectivity index (χ2v) is 6.62. The molecule has 0 spiro atoms. The molecule has 0 aromatic heterocycles. The van der Waals surface area contributed by atoms with Gasteiger partial charge < -0.3 is 0 Å². The fourth-order valence-electron chi connectivity index (χ4n) is 2.63. The van der Waals surface area contributed by atoms with Crippen molar-refractivity contribution in [2.45, 2.75) is 73.9 Å². The average molecular weight is 213 g/mol. The van der Waals surface area contributed by atoms with Crippen LogP contribution in [0.2, 0.25) is 0 Å². The molecule has 0 N–H and O–H groups in total. The SMILES string of the molecule is CC(C)CC(C)(C)CN(C(C)C)C(C)C. The van der Waals surface area contributed by atoms with Crippen LogP contribution in [0.5, 0.6) is 0 Å². The Morgan fingerprint density at radius 1 is 0.867 bits per heavy atom. The van der Waals surface area contributed by atoms with Gasteiger partial charge in [-0.1, -0.05) is 27.7 Å². The van der Waals surface area contributed by atoms with E-state index >= 15 is 0 Å². The summed E-state index contributed by atoms with van der Waals surface area (Å²) in [6, 6.07) is 1.30. The number of rotatable bonds is 6. The summed E-state index contributed by atoms with van der Waals surface area (Å²) < 4.78 is 0. The Kier molecular flexibility index (Phi) is 5.87. The first-order valence-electron chi connectivity index (χ1n) is 6.41. The molecule has 0 bridgehead atoms. The molecule has 0 heterocycles. The highest BCUT2D eigenvalue weighted by Crippen LogP contribution is 2.27. The van der Waals surface area contributed by atoms with E-state index in [-0.39, 0.29) is 0 Å². The molecule has 0 aliphatic carbocycles. The summed E-state index contributed by atoms with van der Waals surface area (Å²) in [5.74, 6) is 0.793. The summed E-state index contributed by atoms with van der Waals surface area (Å²) in [6.45, 7) is 19.8.